The summed E-state index contributed by atoms with van der Waals surface area (Å²) in [5.74, 6) is 0.185. The number of hydrogen-bond donors (Lipinski definition) is 2. The molecule has 0 saturated heterocycles. The number of carbonyl (C=O) groups is 1. The summed E-state index contributed by atoms with van der Waals surface area (Å²) >= 11 is 5.96. The normalized spacial score (nSPS) is 10.2. The van der Waals surface area contributed by atoms with Gasteiger partial charge in [-0.05, 0) is 30.3 Å². The Morgan fingerprint density at radius 2 is 1.92 bits per heavy atom. The van der Waals surface area contributed by atoms with Crippen LogP contribution in [0.4, 0.5) is 5.69 Å². The molecule has 0 aliphatic rings. The Kier molecular flexibility index (Phi) is 5.24. The van der Waals surface area contributed by atoms with Gasteiger partial charge in [0.1, 0.15) is 5.75 Å². The van der Waals surface area contributed by atoms with Gasteiger partial charge in [0.05, 0.1) is 12.8 Å². The van der Waals surface area contributed by atoms with E-state index in [0.717, 1.165) is 0 Å². The smallest absolute Gasteiger partial charge is 0.278 e. The second-order valence-corrected chi connectivity index (χ2v) is 5.66. The molecule has 3 aromatic rings. The molecule has 2 N–H and O–H groups in total. The molecule has 132 valence electrons. The fraction of sp³-hybridized carbons (Fsp3) is 0.0526. The van der Waals surface area contributed by atoms with E-state index in [1.807, 2.05) is 0 Å². The van der Waals surface area contributed by atoms with Crippen LogP contribution in [0.25, 0.3) is 0 Å². The minimum absolute atomic E-state index is 0.151. The van der Waals surface area contributed by atoms with Crippen molar-refractivity contribution in [2.45, 2.75) is 0 Å². The van der Waals surface area contributed by atoms with E-state index in [1.54, 1.807) is 48.5 Å². The Morgan fingerprint density at radius 3 is 2.69 bits per heavy atom. The average Bonchev–Trinajstić information content (AvgIpc) is 2.63. The van der Waals surface area contributed by atoms with E-state index in [0.29, 0.717) is 22.2 Å². The number of anilines is 1. The summed E-state index contributed by atoms with van der Waals surface area (Å²) in [6, 6.07) is 15.3. The van der Waals surface area contributed by atoms with Crippen molar-refractivity contribution < 1.29 is 19.4 Å². The molecule has 0 unspecified atom stereocenters. The van der Waals surface area contributed by atoms with E-state index in [4.69, 9.17) is 21.1 Å². The number of hydrogen-bond acceptors (Lipinski definition) is 5. The number of rotatable bonds is 5. The van der Waals surface area contributed by atoms with Gasteiger partial charge in [0.25, 0.3) is 5.91 Å². The molecule has 1 heterocycles. The summed E-state index contributed by atoms with van der Waals surface area (Å²) in [4.78, 5) is 16.4. The summed E-state index contributed by atoms with van der Waals surface area (Å²) in [5, 5.41) is 13.3. The number of aromatic hydroxyl groups is 1. The Labute approximate surface area is 155 Å². The third-order valence-electron chi connectivity index (χ3n) is 3.48. The van der Waals surface area contributed by atoms with Crippen molar-refractivity contribution in [2.75, 3.05) is 12.4 Å². The number of nitrogens with zero attached hydrogens (tertiary/aromatic N) is 1. The highest BCUT2D eigenvalue weighted by Gasteiger charge is 2.18. The number of benzene rings is 2. The van der Waals surface area contributed by atoms with Crippen LogP contribution in [-0.4, -0.2) is 23.1 Å². The lowest BCUT2D eigenvalue weighted by Crippen LogP contribution is -2.14. The largest absolute Gasteiger partial charge is 0.503 e. The zero-order chi connectivity index (χ0) is 18.5. The van der Waals surface area contributed by atoms with Crippen LogP contribution in [0.1, 0.15) is 10.5 Å². The number of amides is 1. The molecule has 1 amide bonds. The summed E-state index contributed by atoms with van der Waals surface area (Å²) < 4.78 is 10.8. The molecule has 0 atom stereocenters. The maximum Gasteiger partial charge on any atom is 0.278 e. The zero-order valence-electron chi connectivity index (χ0n) is 13.8. The van der Waals surface area contributed by atoms with Crippen molar-refractivity contribution in [3.05, 3.63) is 71.5 Å². The summed E-state index contributed by atoms with van der Waals surface area (Å²) in [6.07, 6.45) is 1.38. The highest BCUT2D eigenvalue weighted by Crippen LogP contribution is 2.32. The van der Waals surface area contributed by atoms with Crippen molar-refractivity contribution in [1.29, 1.82) is 0 Å². The number of methoxy groups -OCH3 is 1. The van der Waals surface area contributed by atoms with Gasteiger partial charge >= 0.3 is 0 Å². The monoisotopic (exact) mass is 370 g/mol. The van der Waals surface area contributed by atoms with Crippen LogP contribution in [0.3, 0.4) is 0 Å². The third kappa shape index (κ3) is 3.87. The Morgan fingerprint density at radius 1 is 1.12 bits per heavy atom. The van der Waals surface area contributed by atoms with Crippen molar-refractivity contribution >= 4 is 23.2 Å². The van der Waals surface area contributed by atoms with E-state index < -0.39 is 5.91 Å². The van der Waals surface area contributed by atoms with Crippen LogP contribution in [0.5, 0.6) is 23.0 Å². The lowest BCUT2D eigenvalue weighted by atomic mass is 10.2. The molecule has 0 fully saturated rings. The molecule has 0 bridgehead atoms. The Balaban J connectivity index is 1.86. The van der Waals surface area contributed by atoms with Gasteiger partial charge in [-0.1, -0.05) is 29.8 Å². The van der Waals surface area contributed by atoms with Crippen molar-refractivity contribution in [2.24, 2.45) is 0 Å². The lowest BCUT2D eigenvalue weighted by Gasteiger charge is -2.13. The van der Waals surface area contributed by atoms with Crippen LogP contribution in [-0.2, 0) is 0 Å². The second-order valence-electron chi connectivity index (χ2n) is 5.22. The molecule has 2 aromatic carbocycles. The van der Waals surface area contributed by atoms with Crippen molar-refractivity contribution in [1.82, 2.24) is 4.98 Å². The van der Waals surface area contributed by atoms with Gasteiger partial charge in [0.15, 0.2) is 22.9 Å². The first-order valence-electron chi connectivity index (χ1n) is 7.64. The summed E-state index contributed by atoms with van der Waals surface area (Å²) in [6.45, 7) is 0. The average molecular weight is 371 g/mol. The Bertz CT molecular complexity index is 946. The van der Waals surface area contributed by atoms with E-state index in [-0.39, 0.29) is 17.2 Å². The third-order valence-corrected chi connectivity index (χ3v) is 3.72. The molecule has 0 aliphatic heterocycles. The predicted molar refractivity (Wildman–Crippen MR) is 98.4 cm³/mol. The molecular weight excluding hydrogens is 356 g/mol. The maximum atomic E-state index is 12.5. The number of pyridine rings is 1. The van der Waals surface area contributed by atoms with Crippen molar-refractivity contribution in [3.63, 3.8) is 0 Å². The van der Waals surface area contributed by atoms with Gasteiger partial charge in [0.2, 0.25) is 0 Å². The number of halogens is 1. The topological polar surface area (TPSA) is 80.7 Å². The minimum Gasteiger partial charge on any atom is -0.503 e. The van der Waals surface area contributed by atoms with Gasteiger partial charge in [-0.25, -0.2) is 4.98 Å². The predicted octanol–water partition coefficient (Wildman–Crippen LogP) is 4.49. The van der Waals surface area contributed by atoms with E-state index in [9.17, 15) is 9.90 Å². The van der Waals surface area contributed by atoms with Crippen LogP contribution in [0.15, 0.2) is 60.8 Å². The molecule has 6 nitrogen and oxygen atoms in total. The van der Waals surface area contributed by atoms with Crippen LogP contribution >= 0.6 is 11.6 Å². The first-order valence-corrected chi connectivity index (χ1v) is 8.02. The number of aromatic nitrogens is 1. The van der Waals surface area contributed by atoms with E-state index in [2.05, 4.69) is 10.3 Å². The number of para-hydroxylation sites is 2. The molecular formula is C19H15ClN2O4. The van der Waals surface area contributed by atoms with Crippen molar-refractivity contribution in [3.8, 4) is 23.0 Å². The first-order chi connectivity index (χ1) is 12.6. The van der Waals surface area contributed by atoms with Gasteiger partial charge < -0.3 is 19.9 Å². The molecule has 0 saturated carbocycles. The molecule has 0 spiro atoms. The summed E-state index contributed by atoms with van der Waals surface area (Å²) in [7, 11) is 1.39. The highest BCUT2D eigenvalue weighted by molar-refractivity contribution is 6.30. The number of ether oxygens (including phenoxy) is 2. The minimum atomic E-state index is -0.594. The number of nitrogens with one attached hydrogen (secondary N) is 1. The molecule has 1 aromatic heterocycles. The fourth-order valence-corrected chi connectivity index (χ4v) is 2.45. The quantitative estimate of drug-likeness (QED) is 0.691. The summed E-state index contributed by atoms with van der Waals surface area (Å²) in [5.41, 5.74) is 0.267. The highest BCUT2D eigenvalue weighted by atomic mass is 35.5. The first kappa shape index (κ1) is 17.6. The van der Waals surface area contributed by atoms with Crippen LogP contribution < -0.4 is 14.8 Å². The number of carbonyl (C=O) groups excluding carboxylic acids is 1. The van der Waals surface area contributed by atoms with Gasteiger partial charge in [-0.15, -0.1) is 0 Å². The maximum absolute atomic E-state index is 12.5. The molecule has 0 aliphatic carbocycles. The second kappa shape index (κ2) is 7.76. The van der Waals surface area contributed by atoms with Gasteiger partial charge in [-0.2, -0.15) is 0 Å². The SMILES string of the molecule is COc1ccnc(C(=O)Nc2ccccc2Oc2cccc(Cl)c2)c1O. The Hall–Kier alpha value is -3.25. The van der Waals surface area contributed by atoms with Gasteiger partial charge in [0, 0.05) is 17.3 Å². The standard InChI is InChI=1S/C19H15ClN2O4/c1-25-16-9-10-21-17(18(16)23)19(24)22-14-7-2-3-8-15(14)26-13-6-4-5-12(20)11-13/h2-11,23H,1H3,(H,22,24). The van der Waals surface area contributed by atoms with E-state index in [1.165, 1.54) is 19.4 Å². The van der Waals surface area contributed by atoms with Crippen LogP contribution in [0.2, 0.25) is 5.02 Å². The van der Waals surface area contributed by atoms with Crippen LogP contribution in [0, 0.1) is 0 Å². The molecule has 3 rings (SSSR count). The lowest BCUT2D eigenvalue weighted by molar-refractivity contribution is 0.101. The van der Waals surface area contributed by atoms with E-state index >= 15 is 0 Å². The molecule has 26 heavy (non-hydrogen) atoms. The fourth-order valence-electron chi connectivity index (χ4n) is 2.27. The molecule has 7 heteroatoms. The zero-order valence-corrected chi connectivity index (χ0v) is 14.5. The van der Waals surface area contributed by atoms with Gasteiger partial charge in [-0.3, -0.25) is 4.79 Å². The molecule has 0 radical (unpaired) electrons.